The number of aryl methyl sites for hydroxylation is 2. The molecule has 0 N–H and O–H groups in total. The maximum Gasteiger partial charge on any atom is 0.432 e. The van der Waals surface area contributed by atoms with Crippen molar-refractivity contribution < 1.29 is 39.9 Å². The van der Waals surface area contributed by atoms with Crippen LogP contribution in [0.15, 0.2) is 60.7 Å². The van der Waals surface area contributed by atoms with Crippen molar-refractivity contribution in [2.45, 2.75) is 32.8 Å². The van der Waals surface area contributed by atoms with Crippen molar-refractivity contribution >= 4 is 0 Å². The van der Waals surface area contributed by atoms with E-state index in [1.165, 1.54) is 12.1 Å². The lowest BCUT2D eigenvalue weighted by atomic mass is 9.97. The third kappa shape index (κ3) is 5.23. The summed E-state index contributed by atoms with van der Waals surface area (Å²) >= 11 is 0. The molecule has 0 bridgehead atoms. The van der Waals surface area contributed by atoms with Gasteiger partial charge in [0.25, 0.3) is 0 Å². The number of rotatable bonds is 7. The van der Waals surface area contributed by atoms with E-state index >= 15 is 0 Å². The topological polar surface area (TPSA) is 9.23 Å². The van der Waals surface area contributed by atoms with Crippen LogP contribution in [0.4, 0.5) is 35.1 Å². The highest BCUT2D eigenvalue weighted by Gasteiger charge is 2.42. The fraction of sp³-hybridized carbons (Fsp3) is 0.172. The van der Waals surface area contributed by atoms with Crippen LogP contribution in [0.3, 0.4) is 0 Å². The quantitative estimate of drug-likeness (QED) is 0.169. The van der Waals surface area contributed by atoms with Gasteiger partial charge in [0.05, 0.1) is 0 Å². The van der Waals surface area contributed by atoms with Crippen LogP contribution in [0.5, 0.6) is 5.75 Å². The van der Waals surface area contributed by atoms with E-state index in [9.17, 15) is 35.1 Å². The Kier molecular flexibility index (Phi) is 7.49. The van der Waals surface area contributed by atoms with Crippen molar-refractivity contribution in [3.05, 3.63) is 112 Å². The molecule has 0 spiro atoms. The molecule has 4 aromatic rings. The summed E-state index contributed by atoms with van der Waals surface area (Å²) in [5.74, 6) is -11.7. The Morgan fingerprint density at radius 2 is 1.24 bits per heavy atom. The third-order valence-electron chi connectivity index (χ3n) is 5.97. The molecule has 0 heterocycles. The zero-order valence-electron chi connectivity index (χ0n) is 20.1. The number of halogens is 8. The summed E-state index contributed by atoms with van der Waals surface area (Å²) in [6, 6.07) is 12.7. The van der Waals surface area contributed by atoms with Gasteiger partial charge in [-0.15, -0.1) is 0 Å². The molecular weight excluding hydrogens is 516 g/mol. The first-order chi connectivity index (χ1) is 17.9. The minimum absolute atomic E-state index is 0.257. The van der Waals surface area contributed by atoms with Gasteiger partial charge in [0.1, 0.15) is 23.0 Å². The van der Waals surface area contributed by atoms with Crippen LogP contribution in [0.25, 0.3) is 22.3 Å². The lowest BCUT2D eigenvalue weighted by Crippen LogP contribution is -2.26. The van der Waals surface area contributed by atoms with Gasteiger partial charge in [-0.05, 0) is 65.4 Å². The van der Waals surface area contributed by atoms with E-state index < -0.39 is 57.9 Å². The zero-order chi connectivity index (χ0) is 27.8. The molecule has 0 amide bonds. The van der Waals surface area contributed by atoms with Crippen molar-refractivity contribution in [3.8, 4) is 28.0 Å². The van der Waals surface area contributed by atoms with Crippen LogP contribution in [-0.2, 0) is 12.5 Å². The van der Waals surface area contributed by atoms with Gasteiger partial charge in [-0.1, -0.05) is 49.7 Å². The van der Waals surface area contributed by atoms with Gasteiger partial charge in [-0.25, -0.2) is 22.0 Å². The molecule has 0 unspecified atom stereocenters. The molecule has 9 heteroatoms. The second-order valence-corrected chi connectivity index (χ2v) is 8.71. The normalized spacial score (nSPS) is 11.6. The molecule has 0 saturated carbocycles. The molecule has 0 atom stereocenters. The summed E-state index contributed by atoms with van der Waals surface area (Å²) in [5, 5.41) is 0. The van der Waals surface area contributed by atoms with Gasteiger partial charge in [-0.2, -0.15) is 13.2 Å². The Balaban J connectivity index is 1.66. The molecule has 4 rings (SSSR count). The van der Waals surface area contributed by atoms with Gasteiger partial charge in [-0.3, -0.25) is 0 Å². The van der Waals surface area contributed by atoms with Crippen LogP contribution >= 0.6 is 0 Å². The Hall–Kier alpha value is -3.88. The Labute approximate surface area is 213 Å². The van der Waals surface area contributed by atoms with E-state index in [-0.39, 0.29) is 11.1 Å². The van der Waals surface area contributed by atoms with Crippen LogP contribution in [0, 0.1) is 41.8 Å². The fourth-order valence-electron chi connectivity index (χ4n) is 4.09. The average Bonchev–Trinajstić information content (AvgIpc) is 2.85. The molecule has 0 radical (unpaired) electrons. The van der Waals surface area contributed by atoms with Gasteiger partial charge in [0.2, 0.25) is 5.82 Å². The van der Waals surface area contributed by atoms with Crippen molar-refractivity contribution in [3.63, 3.8) is 0 Å². The van der Waals surface area contributed by atoms with Crippen LogP contribution in [-0.4, -0.2) is 0 Å². The lowest BCUT2D eigenvalue weighted by Gasteiger charge is -2.21. The molecule has 38 heavy (non-hydrogen) atoms. The van der Waals surface area contributed by atoms with E-state index in [4.69, 9.17) is 0 Å². The molecule has 198 valence electrons. The summed E-state index contributed by atoms with van der Waals surface area (Å²) in [6.07, 6.45) is -2.97. The summed E-state index contributed by atoms with van der Waals surface area (Å²) in [5.41, 5.74) is -0.794. The Morgan fingerprint density at radius 1 is 0.658 bits per heavy atom. The number of ether oxygens (including phenoxy) is 1. The molecular formula is C29H20F8O. The monoisotopic (exact) mass is 536 g/mol. The maximum atomic E-state index is 14.9. The first-order valence-electron chi connectivity index (χ1n) is 11.5. The first-order valence-corrected chi connectivity index (χ1v) is 11.5. The SMILES string of the molecule is CCCc1ccc(-c2ccc(-c3cc(F)c(C(F)(F)Oc4c(C)cc(F)c(F)c4F)c(F)c3)c(F)c2)cc1. The van der Waals surface area contributed by atoms with Gasteiger partial charge >= 0.3 is 6.11 Å². The maximum absolute atomic E-state index is 14.9. The second-order valence-electron chi connectivity index (χ2n) is 8.71. The van der Waals surface area contributed by atoms with Gasteiger partial charge < -0.3 is 4.74 Å². The number of hydrogen-bond acceptors (Lipinski definition) is 1. The largest absolute Gasteiger partial charge is 0.432 e. The predicted molar refractivity (Wildman–Crippen MR) is 127 cm³/mol. The number of hydrogen-bond donors (Lipinski definition) is 0. The van der Waals surface area contributed by atoms with Crippen molar-refractivity contribution in [1.29, 1.82) is 0 Å². The van der Waals surface area contributed by atoms with Crippen LogP contribution in [0.2, 0.25) is 0 Å². The minimum Gasteiger partial charge on any atom is -0.425 e. The summed E-state index contributed by atoms with van der Waals surface area (Å²) in [7, 11) is 0. The van der Waals surface area contributed by atoms with Crippen LogP contribution in [0.1, 0.15) is 30.0 Å². The molecule has 0 aliphatic heterocycles. The summed E-state index contributed by atoms with van der Waals surface area (Å²) in [4.78, 5) is 0. The van der Waals surface area contributed by atoms with Crippen molar-refractivity contribution in [2.75, 3.05) is 0 Å². The Bertz CT molecular complexity index is 1470. The van der Waals surface area contributed by atoms with Crippen LogP contribution < -0.4 is 4.74 Å². The average molecular weight is 536 g/mol. The molecule has 0 saturated heterocycles. The molecule has 0 aromatic heterocycles. The highest BCUT2D eigenvalue weighted by molar-refractivity contribution is 5.71. The molecule has 0 aliphatic rings. The second kappa shape index (κ2) is 10.5. The van der Waals surface area contributed by atoms with E-state index in [2.05, 4.69) is 4.74 Å². The van der Waals surface area contributed by atoms with Gasteiger partial charge in [0.15, 0.2) is 17.4 Å². The summed E-state index contributed by atoms with van der Waals surface area (Å²) in [6.45, 7) is 2.99. The number of alkyl halides is 2. The predicted octanol–water partition coefficient (Wildman–Crippen LogP) is 9.24. The highest BCUT2D eigenvalue weighted by Crippen LogP contribution is 2.40. The first kappa shape index (κ1) is 27.2. The molecule has 4 aromatic carbocycles. The van der Waals surface area contributed by atoms with E-state index in [0.717, 1.165) is 31.4 Å². The van der Waals surface area contributed by atoms with Crippen molar-refractivity contribution in [2.24, 2.45) is 0 Å². The molecule has 0 fully saturated rings. The van der Waals surface area contributed by atoms with Crippen molar-refractivity contribution in [1.82, 2.24) is 0 Å². The third-order valence-corrected chi connectivity index (χ3v) is 5.97. The van der Waals surface area contributed by atoms with E-state index in [1.54, 1.807) is 0 Å². The van der Waals surface area contributed by atoms with E-state index in [1.807, 2.05) is 31.2 Å². The lowest BCUT2D eigenvalue weighted by molar-refractivity contribution is -0.191. The highest BCUT2D eigenvalue weighted by atomic mass is 19.3. The number of benzene rings is 4. The van der Waals surface area contributed by atoms with E-state index in [0.29, 0.717) is 29.3 Å². The zero-order valence-corrected chi connectivity index (χ0v) is 20.1. The molecule has 1 nitrogen and oxygen atoms in total. The fourth-order valence-corrected chi connectivity index (χ4v) is 4.09. The standard InChI is InChI=1S/C29H20F8O/c1-3-4-16-5-7-17(8-6-16)18-9-10-20(21(30)12-18)19-13-22(31)25(23(32)14-19)29(36,37)38-28-15(2)11-24(33)26(34)27(28)35/h5-14H,3-4H2,1-2H3. The van der Waals surface area contributed by atoms with Gasteiger partial charge in [0, 0.05) is 5.56 Å². The smallest absolute Gasteiger partial charge is 0.425 e. The summed E-state index contributed by atoms with van der Waals surface area (Å²) < 4.78 is 119. The Morgan fingerprint density at radius 3 is 1.82 bits per heavy atom. The molecule has 0 aliphatic carbocycles. The minimum atomic E-state index is -4.82.